The molecule has 0 saturated heterocycles. The van der Waals surface area contributed by atoms with E-state index in [0.717, 1.165) is 16.3 Å². The third-order valence-corrected chi connectivity index (χ3v) is 3.68. The molecule has 0 spiro atoms. The quantitative estimate of drug-likeness (QED) is 0.605. The average molecular weight is 278 g/mol. The molecule has 2 rings (SSSR count). The number of methoxy groups -OCH3 is 1. The largest absolute Gasteiger partial charge is 0.469 e. The molecule has 1 aromatic carbocycles. The Morgan fingerprint density at radius 1 is 1.37 bits per heavy atom. The lowest BCUT2D eigenvalue weighted by atomic mass is 10.1. The highest BCUT2D eigenvalue weighted by Gasteiger charge is 2.09. The first-order chi connectivity index (χ1) is 9.20. The van der Waals surface area contributed by atoms with Crippen LogP contribution in [0, 0.1) is 0 Å². The molecule has 0 unspecified atom stereocenters. The second-order valence-electron chi connectivity index (χ2n) is 3.90. The zero-order chi connectivity index (χ0) is 13.7. The summed E-state index contributed by atoms with van der Waals surface area (Å²) in [7, 11) is 3.19. The highest BCUT2D eigenvalue weighted by Crippen LogP contribution is 2.22. The average Bonchev–Trinajstić information content (AvgIpc) is 2.83. The molecule has 1 heterocycles. The predicted molar refractivity (Wildman–Crippen MR) is 70.5 cm³/mol. The molecule has 100 valence electrons. The van der Waals surface area contributed by atoms with Crippen molar-refractivity contribution in [2.24, 2.45) is 7.05 Å². The topological polar surface area (TPSA) is 69.9 Å². The maximum Gasteiger partial charge on any atom is 0.309 e. The molecule has 0 aliphatic heterocycles. The van der Waals surface area contributed by atoms with Crippen molar-refractivity contribution < 1.29 is 9.53 Å². The first-order valence-electron chi connectivity index (χ1n) is 5.69. The van der Waals surface area contributed by atoms with Crippen LogP contribution in [0.5, 0.6) is 0 Å². The number of nitrogens with zero attached hydrogens (tertiary/aromatic N) is 4. The number of carbonyl (C=O) groups is 1. The van der Waals surface area contributed by atoms with Crippen molar-refractivity contribution in [2.45, 2.75) is 17.3 Å². The van der Waals surface area contributed by atoms with E-state index in [1.807, 2.05) is 24.3 Å². The van der Waals surface area contributed by atoms with Crippen molar-refractivity contribution in [3.63, 3.8) is 0 Å². The summed E-state index contributed by atoms with van der Waals surface area (Å²) < 4.78 is 6.32. The molecule has 0 fully saturated rings. The summed E-state index contributed by atoms with van der Waals surface area (Å²) in [5, 5.41) is 12.0. The summed E-state index contributed by atoms with van der Waals surface area (Å²) >= 11 is 1.53. The lowest BCUT2D eigenvalue weighted by molar-refractivity contribution is -0.139. The van der Waals surface area contributed by atoms with Crippen molar-refractivity contribution in [1.82, 2.24) is 20.2 Å². The molecular formula is C12H14N4O2S. The molecule has 0 radical (unpaired) electrons. The van der Waals surface area contributed by atoms with Gasteiger partial charge in [0.05, 0.1) is 13.5 Å². The van der Waals surface area contributed by atoms with Crippen LogP contribution in [0.25, 0.3) is 0 Å². The summed E-state index contributed by atoms with van der Waals surface area (Å²) in [6.45, 7) is 0. The van der Waals surface area contributed by atoms with Gasteiger partial charge >= 0.3 is 5.97 Å². The van der Waals surface area contributed by atoms with Crippen molar-refractivity contribution in [3.05, 3.63) is 35.4 Å². The van der Waals surface area contributed by atoms with Crippen LogP contribution in [0.15, 0.2) is 29.4 Å². The number of tetrazole rings is 1. The number of thioether (sulfide) groups is 1. The van der Waals surface area contributed by atoms with Gasteiger partial charge in [0.25, 0.3) is 0 Å². The molecular weight excluding hydrogens is 264 g/mol. The third kappa shape index (κ3) is 3.54. The molecule has 0 amide bonds. The molecule has 6 nitrogen and oxygen atoms in total. The number of esters is 1. The van der Waals surface area contributed by atoms with E-state index in [1.54, 1.807) is 11.7 Å². The van der Waals surface area contributed by atoms with E-state index in [9.17, 15) is 4.79 Å². The van der Waals surface area contributed by atoms with Crippen LogP contribution >= 0.6 is 11.8 Å². The zero-order valence-corrected chi connectivity index (χ0v) is 11.6. The normalized spacial score (nSPS) is 10.4. The number of aromatic nitrogens is 4. The van der Waals surface area contributed by atoms with Crippen molar-refractivity contribution in [1.29, 1.82) is 0 Å². The van der Waals surface area contributed by atoms with Gasteiger partial charge in [0.1, 0.15) is 0 Å². The summed E-state index contributed by atoms with van der Waals surface area (Å²) in [5.41, 5.74) is 2.05. The standard InChI is InChI=1S/C12H14N4O2S/c1-16-12(13-14-15-16)19-8-10-6-4-3-5-9(10)7-11(17)18-2/h3-6H,7-8H2,1-2H3. The fourth-order valence-electron chi connectivity index (χ4n) is 1.58. The SMILES string of the molecule is COC(=O)Cc1ccccc1CSc1nnnn1C. The van der Waals surface area contributed by atoms with E-state index in [-0.39, 0.29) is 12.4 Å². The van der Waals surface area contributed by atoms with Gasteiger partial charge in [-0.1, -0.05) is 36.0 Å². The van der Waals surface area contributed by atoms with Gasteiger partial charge in [-0.2, -0.15) is 0 Å². The molecule has 7 heteroatoms. The fourth-order valence-corrected chi connectivity index (χ4v) is 2.47. The van der Waals surface area contributed by atoms with Crippen molar-refractivity contribution in [2.75, 3.05) is 7.11 Å². The number of benzene rings is 1. The maximum atomic E-state index is 11.4. The van der Waals surface area contributed by atoms with Gasteiger partial charge in [-0.05, 0) is 21.6 Å². The van der Waals surface area contributed by atoms with Gasteiger partial charge in [0, 0.05) is 12.8 Å². The van der Waals surface area contributed by atoms with E-state index < -0.39 is 0 Å². The Morgan fingerprint density at radius 3 is 2.74 bits per heavy atom. The highest BCUT2D eigenvalue weighted by atomic mass is 32.2. The molecule has 2 aromatic rings. The molecule has 19 heavy (non-hydrogen) atoms. The predicted octanol–water partition coefficient (Wildman–Crippen LogP) is 1.22. The minimum atomic E-state index is -0.238. The Kier molecular flexibility index (Phi) is 4.51. The van der Waals surface area contributed by atoms with Crippen LogP contribution in [0.3, 0.4) is 0 Å². The summed E-state index contributed by atoms with van der Waals surface area (Å²) in [4.78, 5) is 11.4. The monoisotopic (exact) mass is 278 g/mol. The van der Waals surface area contributed by atoms with Crippen LogP contribution in [-0.4, -0.2) is 33.3 Å². The number of ether oxygens (including phenoxy) is 1. The van der Waals surface area contributed by atoms with Gasteiger partial charge in [0.2, 0.25) is 5.16 Å². The number of hydrogen-bond donors (Lipinski definition) is 0. The first-order valence-corrected chi connectivity index (χ1v) is 6.68. The van der Waals surface area contributed by atoms with Crippen LogP contribution < -0.4 is 0 Å². The van der Waals surface area contributed by atoms with Crippen LogP contribution in [-0.2, 0) is 28.8 Å². The van der Waals surface area contributed by atoms with Crippen LogP contribution in [0.2, 0.25) is 0 Å². The van der Waals surface area contributed by atoms with Gasteiger partial charge in [-0.15, -0.1) is 5.10 Å². The second kappa shape index (κ2) is 6.33. The molecule has 0 aliphatic rings. The minimum absolute atomic E-state index is 0.238. The number of rotatable bonds is 5. The second-order valence-corrected chi connectivity index (χ2v) is 4.84. The van der Waals surface area contributed by atoms with E-state index >= 15 is 0 Å². The van der Waals surface area contributed by atoms with E-state index in [4.69, 9.17) is 4.74 Å². The Labute approximate surface area is 115 Å². The molecule has 1 aromatic heterocycles. The summed E-state index contributed by atoms with van der Waals surface area (Å²) in [6.07, 6.45) is 0.282. The van der Waals surface area contributed by atoms with Gasteiger partial charge in [-0.3, -0.25) is 4.79 Å². The van der Waals surface area contributed by atoms with Crippen molar-refractivity contribution >= 4 is 17.7 Å². The zero-order valence-electron chi connectivity index (χ0n) is 10.7. The molecule has 0 aliphatic carbocycles. The smallest absolute Gasteiger partial charge is 0.309 e. The third-order valence-electron chi connectivity index (χ3n) is 2.62. The van der Waals surface area contributed by atoms with E-state index in [1.165, 1.54) is 18.9 Å². The Balaban J connectivity index is 2.07. The number of hydrogen-bond acceptors (Lipinski definition) is 6. The number of carbonyl (C=O) groups excluding carboxylic acids is 1. The van der Waals surface area contributed by atoms with Crippen LogP contribution in [0.1, 0.15) is 11.1 Å². The first kappa shape index (κ1) is 13.5. The highest BCUT2D eigenvalue weighted by molar-refractivity contribution is 7.98. The van der Waals surface area contributed by atoms with Gasteiger partial charge < -0.3 is 4.74 Å². The molecule has 0 saturated carbocycles. The van der Waals surface area contributed by atoms with Gasteiger partial charge in [0.15, 0.2) is 0 Å². The minimum Gasteiger partial charge on any atom is -0.469 e. The Hall–Kier alpha value is -1.89. The summed E-state index contributed by atoms with van der Waals surface area (Å²) in [6, 6.07) is 7.79. The summed E-state index contributed by atoms with van der Waals surface area (Å²) in [5.74, 6) is 0.472. The number of aryl methyl sites for hydroxylation is 1. The van der Waals surface area contributed by atoms with Gasteiger partial charge in [-0.25, -0.2) is 4.68 Å². The maximum absolute atomic E-state index is 11.4. The van der Waals surface area contributed by atoms with E-state index in [0.29, 0.717) is 5.75 Å². The molecule has 0 bridgehead atoms. The Morgan fingerprint density at radius 2 is 2.11 bits per heavy atom. The lowest BCUT2D eigenvalue weighted by Gasteiger charge is -2.07. The fraction of sp³-hybridized carbons (Fsp3) is 0.333. The Bertz CT molecular complexity index is 570. The van der Waals surface area contributed by atoms with Crippen molar-refractivity contribution in [3.8, 4) is 0 Å². The molecule has 0 atom stereocenters. The molecule has 0 N–H and O–H groups in total. The lowest BCUT2D eigenvalue weighted by Crippen LogP contribution is -2.06. The van der Waals surface area contributed by atoms with Crippen LogP contribution in [0.4, 0.5) is 0 Å². The van der Waals surface area contributed by atoms with E-state index in [2.05, 4.69) is 15.5 Å².